The zero-order valence-corrected chi connectivity index (χ0v) is 13.7. The van der Waals surface area contributed by atoms with Gasteiger partial charge in [-0.2, -0.15) is 13.2 Å². The first-order chi connectivity index (χ1) is 10.1. The molecule has 0 radical (unpaired) electrons. The molecule has 0 saturated heterocycles. The van der Waals surface area contributed by atoms with Crippen LogP contribution in [0.15, 0.2) is 0 Å². The number of alkyl halides is 3. The predicted octanol–water partition coefficient (Wildman–Crippen LogP) is 4.97. The molecule has 0 amide bonds. The summed E-state index contributed by atoms with van der Waals surface area (Å²) in [4.78, 5) is 12.2. The van der Waals surface area contributed by atoms with Crippen LogP contribution in [0.25, 0.3) is 0 Å². The van der Waals surface area contributed by atoms with E-state index < -0.39 is 12.1 Å². The SMILES string of the molecule is CCOC(=O)C1CC(C)(C)C[C@@H]1C1CCC(C(F)(F)F)CC1. The van der Waals surface area contributed by atoms with Gasteiger partial charge in [-0.3, -0.25) is 4.79 Å². The summed E-state index contributed by atoms with van der Waals surface area (Å²) in [6, 6.07) is 0. The smallest absolute Gasteiger partial charge is 0.391 e. The molecular formula is C17H27F3O2. The highest BCUT2D eigenvalue weighted by atomic mass is 19.4. The quantitative estimate of drug-likeness (QED) is 0.686. The zero-order valence-electron chi connectivity index (χ0n) is 13.7. The second kappa shape index (κ2) is 6.40. The number of hydrogen-bond donors (Lipinski definition) is 0. The number of halogens is 3. The summed E-state index contributed by atoms with van der Waals surface area (Å²) < 4.78 is 43.6. The molecule has 0 heterocycles. The van der Waals surface area contributed by atoms with Crippen LogP contribution >= 0.6 is 0 Å². The third kappa shape index (κ3) is 3.96. The molecule has 2 rings (SSSR count). The largest absolute Gasteiger partial charge is 0.466 e. The van der Waals surface area contributed by atoms with E-state index in [9.17, 15) is 18.0 Å². The van der Waals surface area contributed by atoms with Crippen molar-refractivity contribution in [1.29, 1.82) is 0 Å². The van der Waals surface area contributed by atoms with Gasteiger partial charge < -0.3 is 4.74 Å². The van der Waals surface area contributed by atoms with Crippen molar-refractivity contribution in [2.24, 2.45) is 29.1 Å². The molecule has 2 fully saturated rings. The van der Waals surface area contributed by atoms with Crippen molar-refractivity contribution >= 4 is 5.97 Å². The van der Waals surface area contributed by atoms with Gasteiger partial charge in [-0.05, 0) is 62.7 Å². The van der Waals surface area contributed by atoms with Crippen LogP contribution in [0.1, 0.15) is 59.3 Å². The fourth-order valence-corrected chi connectivity index (χ4v) is 4.49. The van der Waals surface area contributed by atoms with Crippen molar-refractivity contribution in [2.45, 2.75) is 65.5 Å². The van der Waals surface area contributed by atoms with E-state index in [2.05, 4.69) is 13.8 Å². The molecule has 0 spiro atoms. The van der Waals surface area contributed by atoms with Gasteiger partial charge in [0, 0.05) is 0 Å². The van der Waals surface area contributed by atoms with Crippen molar-refractivity contribution in [1.82, 2.24) is 0 Å². The summed E-state index contributed by atoms with van der Waals surface area (Å²) in [6.45, 7) is 6.44. The predicted molar refractivity (Wildman–Crippen MR) is 78.1 cm³/mol. The molecule has 2 nitrogen and oxygen atoms in total. The van der Waals surface area contributed by atoms with Crippen LogP contribution in [0.5, 0.6) is 0 Å². The van der Waals surface area contributed by atoms with E-state index in [0.29, 0.717) is 19.4 Å². The Kier molecular flexibility index (Phi) is 5.13. The van der Waals surface area contributed by atoms with Crippen LogP contribution in [-0.4, -0.2) is 18.8 Å². The van der Waals surface area contributed by atoms with Crippen LogP contribution in [0.2, 0.25) is 0 Å². The summed E-state index contributed by atoms with van der Waals surface area (Å²) in [5, 5.41) is 0. The summed E-state index contributed by atoms with van der Waals surface area (Å²) in [7, 11) is 0. The van der Waals surface area contributed by atoms with Gasteiger partial charge >= 0.3 is 12.1 Å². The first-order valence-electron chi connectivity index (χ1n) is 8.37. The van der Waals surface area contributed by atoms with Crippen LogP contribution in [0, 0.1) is 29.1 Å². The minimum Gasteiger partial charge on any atom is -0.466 e. The Labute approximate surface area is 130 Å². The first kappa shape index (κ1) is 17.6. The summed E-state index contributed by atoms with van der Waals surface area (Å²) in [5.41, 5.74) is 0.0724. The maximum atomic E-state index is 12.8. The van der Waals surface area contributed by atoms with Gasteiger partial charge in [0.2, 0.25) is 0 Å². The monoisotopic (exact) mass is 320 g/mol. The van der Waals surface area contributed by atoms with Crippen molar-refractivity contribution in [2.75, 3.05) is 6.61 Å². The summed E-state index contributed by atoms with van der Waals surface area (Å²) >= 11 is 0. The molecule has 0 aromatic heterocycles. The van der Waals surface area contributed by atoms with Crippen molar-refractivity contribution in [3.8, 4) is 0 Å². The maximum Gasteiger partial charge on any atom is 0.391 e. The molecule has 0 bridgehead atoms. The Hall–Kier alpha value is -0.740. The lowest BCUT2D eigenvalue weighted by atomic mass is 9.72. The maximum absolute atomic E-state index is 12.8. The van der Waals surface area contributed by atoms with Crippen molar-refractivity contribution < 1.29 is 22.7 Å². The molecule has 5 heteroatoms. The van der Waals surface area contributed by atoms with Gasteiger partial charge in [-0.1, -0.05) is 13.8 Å². The Morgan fingerprint density at radius 2 is 1.73 bits per heavy atom. The third-order valence-electron chi connectivity index (χ3n) is 5.51. The third-order valence-corrected chi connectivity index (χ3v) is 5.51. The number of carbonyl (C=O) groups excluding carboxylic acids is 1. The average molecular weight is 320 g/mol. The molecule has 22 heavy (non-hydrogen) atoms. The van der Waals surface area contributed by atoms with Crippen molar-refractivity contribution in [3.05, 3.63) is 0 Å². The van der Waals surface area contributed by atoms with Gasteiger partial charge in [-0.15, -0.1) is 0 Å². The number of esters is 1. The standard InChI is InChI=1S/C17H27F3O2/c1-4-22-15(21)14-10-16(2,3)9-13(14)11-5-7-12(8-6-11)17(18,19)20/h11-14H,4-10H2,1-3H3/t11?,12?,13-,14?/m1/s1. The topological polar surface area (TPSA) is 26.3 Å². The molecule has 2 aliphatic rings. The summed E-state index contributed by atoms with van der Waals surface area (Å²) in [5.74, 6) is -1.03. The molecule has 1 unspecified atom stereocenters. The van der Waals surface area contributed by atoms with E-state index >= 15 is 0 Å². The molecule has 2 aliphatic carbocycles. The highest BCUT2D eigenvalue weighted by Gasteiger charge is 2.49. The summed E-state index contributed by atoms with van der Waals surface area (Å²) in [6.07, 6.45) is -0.781. The Morgan fingerprint density at radius 3 is 2.23 bits per heavy atom. The molecule has 128 valence electrons. The minimum atomic E-state index is -4.07. The molecule has 2 saturated carbocycles. The zero-order chi connectivity index (χ0) is 16.5. The van der Waals surface area contributed by atoms with Gasteiger partial charge in [-0.25, -0.2) is 0 Å². The molecule has 0 aromatic carbocycles. The molecular weight excluding hydrogens is 293 g/mol. The molecule has 0 aromatic rings. The highest BCUT2D eigenvalue weighted by Crippen LogP contribution is 2.53. The van der Waals surface area contributed by atoms with E-state index in [1.807, 2.05) is 0 Å². The van der Waals surface area contributed by atoms with Gasteiger partial charge in [0.05, 0.1) is 18.4 Å². The lowest BCUT2D eigenvalue weighted by Gasteiger charge is -2.35. The normalized spacial score (nSPS) is 35.4. The van der Waals surface area contributed by atoms with Gasteiger partial charge in [0.25, 0.3) is 0 Å². The van der Waals surface area contributed by atoms with E-state index in [1.165, 1.54) is 0 Å². The van der Waals surface area contributed by atoms with Crippen LogP contribution in [-0.2, 0) is 9.53 Å². The average Bonchev–Trinajstić information content (AvgIpc) is 2.74. The highest BCUT2D eigenvalue weighted by molar-refractivity contribution is 5.73. The second-order valence-electron chi connectivity index (χ2n) is 7.75. The van der Waals surface area contributed by atoms with Crippen LogP contribution in [0.4, 0.5) is 13.2 Å². The van der Waals surface area contributed by atoms with Gasteiger partial charge in [0.15, 0.2) is 0 Å². The Morgan fingerprint density at radius 1 is 1.14 bits per heavy atom. The van der Waals surface area contributed by atoms with Crippen molar-refractivity contribution in [3.63, 3.8) is 0 Å². The number of carbonyl (C=O) groups is 1. The lowest BCUT2D eigenvalue weighted by molar-refractivity contribution is -0.185. The fourth-order valence-electron chi connectivity index (χ4n) is 4.49. The number of hydrogen-bond acceptors (Lipinski definition) is 2. The second-order valence-corrected chi connectivity index (χ2v) is 7.75. The van der Waals surface area contributed by atoms with Gasteiger partial charge in [0.1, 0.15) is 0 Å². The fraction of sp³-hybridized carbons (Fsp3) is 0.941. The van der Waals surface area contributed by atoms with E-state index in [1.54, 1.807) is 6.92 Å². The number of ether oxygens (including phenoxy) is 1. The molecule has 2 atom stereocenters. The van der Waals surface area contributed by atoms with Crippen LogP contribution < -0.4 is 0 Å². The Balaban J connectivity index is 2.02. The van der Waals surface area contributed by atoms with E-state index in [0.717, 1.165) is 12.8 Å². The number of rotatable bonds is 3. The molecule has 0 N–H and O–H groups in total. The first-order valence-corrected chi connectivity index (χ1v) is 8.37. The van der Waals surface area contributed by atoms with Crippen LogP contribution in [0.3, 0.4) is 0 Å². The molecule has 0 aliphatic heterocycles. The van der Waals surface area contributed by atoms with E-state index in [-0.39, 0.29) is 42.0 Å². The lowest BCUT2D eigenvalue weighted by Crippen LogP contribution is -2.33. The Bertz CT molecular complexity index is 395. The van der Waals surface area contributed by atoms with E-state index in [4.69, 9.17) is 4.74 Å². The minimum absolute atomic E-state index is 0.0724.